The number of fused-ring (bicyclic) bond motifs is 1. The highest BCUT2D eigenvalue weighted by atomic mass is 35.5. The van der Waals surface area contributed by atoms with Gasteiger partial charge in [-0.05, 0) is 30.3 Å². The van der Waals surface area contributed by atoms with E-state index in [4.69, 9.17) is 25.9 Å². The Labute approximate surface area is 172 Å². The molecule has 1 amide bonds. The van der Waals surface area contributed by atoms with Gasteiger partial charge < -0.3 is 19.6 Å². The SMILES string of the molecule is O=C(COc1cc(C(F)(F)F)ccc1-c1cc(=O)c2cccc(Cl)c2o1)NCCO. The lowest BCUT2D eigenvalue weighted by atomic mass is 10.1. The summed E-state index contributed by atoms with van der Waals surface area (Å²) >= 11 is 6.08. The van der Waals surface area contributed by atoms with Gasteiger partial charge in [0.05, 0.1) is 28.1 Å². The van der Waals surface area contributed by atoms with Gasteiger partial charge in [0.1, 0.15) is 11.5 Å². The molecule has 1 heterocycles. The predicted octanol–water partition coefficient (Wildman–Crippen LogP) is 3.62. The lowest BCUT2D eigenvalue weighted by Crippen LogP contribution is -2.31. The molecule has 0 unspecified atom stereocenters. The van der Waals surface area contributed by atoms with Gasteiger partial charge in [-0.1, -0.05) is 17.7 Å². The van der Waals surface area contributed by atoms with Gasteiger partial charge >= 0.3 is 6.18 Å². The van der Waals surface area contributed by atoms with Crippen molar-refractivity contribution in [3.05, 3.63) is 63.3 Å². The molecule has 30 heavy (non-hydrogen) atoms. The topological polar surface area (TPSA) is 88.8 Å². The molecule has 0 spiro atoms. The fraction of sp³-hybridized carbons (Fsp3) is 0.200. The highest BCUT2D eigenvalue weighted by molar-refractivity contribution is 6.34. The Morgan fingerprint density at radius 3 is 2.67 bits per heavy atom. The highest BCUT2D eigenvalue weighted by Gasteiger charge is 2.32. The highest BCUT2D eigenvalue weighted by Crippen LogP contribution is 2.38. The molecule has 2 N–H and O–H groups in total. The van der Waals surface area contributed by atoms with Crippen molar-refractivity contribution in [2.75, 3.05) is 19.8 Å². The van der Waals surface area contributed by atoms with E-state index in [1.165, 1.54) is 12.1 Å². The van der Waals surface area contributed by atoms with E-state index in [2.05, 4.69) is 5.32 Å². The molecule has 0 aliphatic heterocycles. The van der Waals surface area contributed by atoms with Gasteiger partial charge in [-0.2, -0.15) is 13.2 Å². The molecule has 3 rings (SSSR count). The van der Waals surface area contributed by atoms with Crippen molar-refractivity contribution in [3.8, 4) is 17.1 Å². The molecule has 6 nitrogen and oxygen atoms in total. The summed E-state index contributed by atoms with van der Waals surface area (Å²) in [7, 11) is 0. The largest absolute Gasteiger partial charge is 0.483 e. The number of hydrogen-bond acceptors (Lipinski definition) is 5. The number of ether oxygens (including phenoxy) is 1. The third kappa shape index (κ3) is 4.74. The first-order valence-corrected chi connectivity index (χ1v) is 9.03. The monoisotopic (exact) mass is 441 g/mol. The van der Waals surface area contributed by atoms with E-state index >= 15 is 0 Å². The van der Waals surface area contributed by atoms with E-state index in [9.17, 15) is 22.8 Å². The van der Waals surface area contributed by atoms with Crippen LogP contribution in [0.1, 0.15) is 5.56 Å². The quantitative estimate of drug-likeness (QED) is 0.610. The Balaban J connectivity index is 2.07. The van der Waals surface area contributed by atoms with Gasteiger partial charge in [-0.15, -0.1) is 0 Å². The van der Waals surface area contributed by atoms with Crippen LogP contribution in [0.3, 0.4) is 0 Å². The zero-order valence-corrected chi connectivity index (χ0v) is 16.0. The number of aliphatic hydroxyl groups excluding tert-OH is 1. The molecule has 0 saturated carbocycles. The van der Waals surface area contributed by atoms with Crippen molar-refractivity contribution in [2.24, 2.45) is 0 Å². The lowest BCUT2D eigenvalue weighted by molar-refractivity contribution is -0.137. The van der Waals surface area contributed by atoms with E-state index in [0.29, 0.717) is 6.07 Å². The van der Waals surface area contributed by atoms with Crippen LogP contribution >= 0.6 is 11.6 Å². The van der Waals surface area contributed by atoms with Crippen molar-refractivity contribution >= 4 is 28.5 Å². The number of alkyl halides is 3. The Bertz CT molecular complexity index is 1140. The first-order valence-electron chi connectivity index (χ1n) is 8.65. The standard InChI is InChI=1S/C20H15ClF3NO5/c21-14-3-1-2-12-15(27)9-17(30-19(12)14)13-5-4-11(20(22,23)24)8-16(13)29-10-18(28)25-6-7-26/h1-5,8-9,26H,6-7,10H2,(H,25,28). The number of nitrogens with one attached hydrogen (secondary N) is 1. The van der Waals surface area contributed by atoms with Crippen molar-refractivity contribution in [2.45, 2.75) is 6.18 Å². The Morgan fingerprint density at radius 2 is 1.97 bits per heavy atom. The molecule has 3 aromatic rings. The average molecular weight is 442 g/mol. The molecule has 0 atom stereocenters. The second-order valence-corrected chi connectivity index (χ2v) is 6.57. The summed E-state index contributed by atoms with van der Waals surface area (Å²) in [6.45, 7) is -0.938. The number of hydrogen-bond donors (Lipinski definition) is 2. The Kier molecular flexibility index (Phi) is 6.33. The van der Waals surface area contributed by atoms with Crippen LogP contribution in [-0.2, 0) is 11.0 Å². The number of carbonyl (C=O) groups excluding carboxylic acids is 1. The van der Waals surface area contributed by atoms with E-state index in [1.807, 2.05) is 0 Å². The van der Waals surface area contributed by atoms with Gasteiger partial charge in [0.2, 0.25) is 0 Å². The number of rotatable bonds is 6. The molecule has 10 heteroatoms. The molecular formula is C20H15ClF3NO5. The number of halogens is 4. The Morgan fingerprint density at radius 1 is 1.20 bits per heavy atom. The number of benzene rings is 2. The van der Waals surface area contributed by atoms with Gasteiger partial charge in [-0.25, -0.2) is 0 Å². The first-order chi connectivity index (χ1) is 14.2. The minimum Gasteiger partial charge on any atom is -0.483 e. The normalized spacial score (nSPS) is 11.5. The number of aliphatic hydroxyl groups is 1. The number of amides is 1. The van der Waals surface area contributed by atoms with E-state index in [1.54, 1.807) is 6.07 Å². The molecule has 2 aromatic carbocycles. The van der Waals surface area contributed by atoms with Crippen molar-refractivity contribution < 1.29 is 32.2 Å². The second kappa shape index (κ2) is 8.76. The van der Waals surface area contributed by atoms with E-state index in [-0.39, 0.29) is 46.2 Å². The zero-order chi connectivity index (χ0) is 21.9. The predicted molar refractivity (Wildman–Crippen MR) is 104 cm³/mol. The van der Waals surface area contributed by atoms with Crippen molar-refractivity contribution in [1.29, 1.82) is 0 Å². The molecule has 1 aromatic heterocycles. The number of carbonyl (C=O) groups is 1. The molecule has 0 aliphatic rings. The lowest BCUT2D eigenvalue weighted by Gasteiger charge is -2.14. The molecule has 158 valence electrons. The average Bonchev–Trinajstić information content (AvgIpc) is 2.70. The summed E-state index contributed by atoms with van der Waals surface area (Å²) < 4.78 is 50.4. The first kappa shape index (κ1) is 21.7. The molecule has 0 bridgehead atoms. The molecule has 0 aliphatic carbocycles. The molecular weight excluding hydrogens is 427 g/mol. The van der Waals surface area contributed by atoms with Gasteiger partial charge in [0.15, 0.2) is 17.6 Å². The van der Waals surface area contributed by atoms with Crippen LogP contribution in [0.4, 0.5) is 13.2 Å². The fourth-order valence-electron chi connectivity index (χ4n) is 2.69. The summed E-state index contributed by atoms with van der Waals surface area (Å²) in [5, 5.41) is 11.4. The second-order valence-electron chi connectivity index (χ2n) is 6.16. The van der Waals surface area contributed by atoms with Gasteiger partial charge in [-0.3, -0.25) is 9.59 Å². The summed E-state index contributed by atoms with van der Waals surface area (Å²) in [6, 6.07) is 8.30. The molecule has 0 fully saturated rings. The summed E-state index contributed by atoms with van der Waals surface area (Å²) in [6.07, 6.45) is -4.65. The maximum absolute atomic E-state index is 13.1. The Hall–Kier alpha value is -3.04. The van der Waals surface area contributed by atoms with Crippen LogP contribution in [0.2, 0.25) is 5.02 Å². The summed E-state index contributed by atoms with van der Waals surface area (Å²) in [4.78, 5) is 24.1. The molecule has 0 radical (unpaired) electrons. The van der Waals surface area contributed by atoms with Crippen molar-refractivity contribution in [1.82, 2.24) is 5.32 Å². The van der Waals surface area contributed by atoms with E-state index in [0.717, 1.165) is 18.2 Å². The smallest absolute Gasteiger partial charge is 0.416 e. The third-order valence-corrected chi connectivity index (χ3v) is 4.37. The summed E-state index contributed by atoms with van der Waals surface area (Å²) in [5.41, 5.74) is -1.33. The third-order valence-electron chi connectivity index (χ3n) is 4.07. The maximum atomic E-state index is 13.1. The number of para-hydroxylation sites is 1. The minimum atomic E-state index is -4.65. The maximum Gasteiger partial charge on any atom is 0.416 e. The van der Waals surface area contributed by atoms with Gasteiger partial charge in [0, 0.05) is 12.6 Å². The van der Waals surface area contributed by atoms with Crippen LogP contribution in [0.5, 0.6) is 5.75 Å². The van der Waals surface area contributed by atoms with Crippen LogP contribution in [0.25, 0.3) is 22.3 Å². The summed E-state index contributed by atoms with van der Waals surface area (Å²) in [5.74, 6) is -1.02. The fourth-order valence-corrected chi connectivity index (χ4v) is 2.90. The zero-order valence-electron chi connectivity index (χ0n) is 15.3. The van der Waals surface area contributed by atoms with Crippen LogP contribution in [0, 0.1) is 0 Å². The molecule has 0 saturated heterocycles. The van der Waals surface area contributed by atoms with Crippen LogP contribution < -0.4 is 15.5 Å². The van der Waals surface area contributed by atoms with Crippen molar-refractivity contribution in [3.63, 3.8) is 0 Å². The van der Waals surface area contributed by atoms with Crippen LogP contribution in [0.15, 0.2) is 51.7 Å². The van der Waals surface area contributed by atoms with E-state index < -0.39 is 29.7 Å². The minimum absolute atomic E-state index is 0.0321. The van der Waals surface area contributed by atoms with Crippen LogP contribution in [-0.4, -0.2) is 30.8 Å². The van der Waals surface area contributed by atoms with Gasteiger partial charge in [0.25, 0.3) is 5.91 Å².